The van der Waals surface area contributed by atoms with Crippen molar-refractivity contribution in [1.29, 1.82) is 0 Å². The lowest BCUT2D eigenvalue weighted by Crippen LogP contribution is -2.33. The highest BCUT2D eigenvalue weighted by Gasteiger charge is 2.18. The third-order valence-electron chi connectivity index (χ3n) is 2.87. The summed E-state index contributed by atoms with van der Waals surface area (Å²) < 4.78 is 0. The van der Waals surface area contributed by atoms with Gasteiger partial charge < -0.3 is 5.11 Å². The summed E-state index contributed by atoms with van der Waals surface area (Å²) in [6.45, 7) is 5.26. The van der Waals surface area contributed by atoms with Gasteiger partial charge in [0.05, 0.1) is 6.54 Å². The number of piperidine rings is 1. The molecule has 0 aromatic carbocycles. The molecule has 4 nitrogen and oxygen atoms in total. The minimum absolute atomic E-state index is 0.171. The Labute approximate surface area is 98.9 Å². The minimum atomic E-state index is -0.936. The summed E-state index contributed by atoms with van der Waals surface area (Å²) in [5.41, 5.74) is 0.171. The Hall–Kier alpha value is -0.940. The maximum absolute atomic E-state index is 10.7. The Morgan fingerprint density at radius 1 is 1.75 bits per heavy atom. The fourth-order valence-corrected chi connectivity index (χ4v) is 2.91. The molecule has 1 saturated heterocycles. The molecule has 1 aliphatic rings. The summed E-state index contributed by atoms with van der Waals surface area (Å²) in [6.07, 6.45) is 2.53. The van der Waals surface area contributed by atoms with Gasteiger partial charge in [0.2, 0.25) is 0 Å². The zero-order chi connectivity index (χ0) is 11.5. The topological polar surface area (TPSA) is 53.4 Å². The number of thiazole rings is 1. The van der Waals surface area contributed by atoms with Gasteiger partial charge in [-0.25, -0.2) is 9.78 Å². The van der Waals surface area contributed by atoms with Crippen molar-refractivity contribution >= 4 is 17.3 Å². The molecule has 1 atom stereocenters. The second-order valence-electron chi connectivity index (χ2n) is 4.41. The Morgan fingerprint density at radius 2 is 2.56 bits per heavy atom. The van der Waals surface area contributed by atoms with E-state index in [1.165, 1.54) is 24.2 Å². The quantitative estimate of drug-likeness (QED) is 0.878. The monoisotopic (exact) mass is 240 g/mol. The molecule has 1 N–H and O–H groups in total. The van der Waals surface area contributed by atoms with Crippen LogP contribution in [0.1, 0.15) is 35.3 Å². The number of rotatable bonds is 3. The predicted molar refractivity (Wildman–Crippen MR) is 62.7 cm³/mol. The smallest absolute Gasteiger partial charge is 0.355 e. The number of carboxylic acid groups (broad SMARTS) is 1. The molecule has 0 bridgehead atoms. The highest BCUT2D eigenvalue weighted by atomic mass is 32.1. The molecule has 2 rings (SSSR count). The summed E-state index contributed by atoms with van der Waals surface area (Å²) in [5.74, 6) is -0.192. The molecule has 1 unspecified atom stereocenters. The average Bonchev–Trinajstić information content (AvgIpc) is 2.66. The number of carbonyl (C=O) groups is 1. The van der Waals surface area contributed by atoms with Crippen LogP contribution in [0.2, 0.25) is 0 Å². The lowest BCUT2D eigenvalue weighted by atomic mass is 10.0. The third kappa shape index (κ3) is 2.80. The molecule has 88 valence electrons. The molecule has 0 aliphatic carbocycles. The van der Waals surface area contributed by atoms with Crippen LogP contribution in [-0.4, -0.2) is 34.0 Å². The van der Waals surface area contributed by atoms with Gasteiger partial charge >= 0.3 is 5.97 Å². The highest BCUT2D eigenvalue weighted by molar-refractivity contribution is 7.09. The van der Waals surface area contributed by atoms with Crippen molar-refractivity contribution in [3.8, 4) is 0 Å². The van der Waals surface area contributed by atoms with Crippen molar-refractivity contribution in [3.63, 3.8) is 0 Å². The average molecular weight is 240 g/mol. The van der Waals surface area contributed by atoms with Crippen molar-refractivity contribution in [2.75, 3.05) is 13.1 Å². The molecule has 0 radical (unpaired) electrons. The van der Waals surface area contributed by atoms with Gasteiger partial charge in [0, 0.05) is 11.9 Å². The van der Waals surface area contributed by atoms with E-state index in [1.807, 2.05) is 0 Å². The van der Waals surface area contributed by atoms with E-state index in [1.54, 1.807) is 5.38 Å². The van der Waals surface area contributed by atoms with Crippen LogP contribution in [0.15, 0.2) is 5.38 Å². The molecule has 1 fully saturated rings. The Kier molecular flexibility index (Phi) is 3.56. The molecule has 1 aromatic heterocycles. The summed E-state index contributed by atoms with van der Waals surface area (Å²) in [5, 5.41) is 11.3. The van der Waals surface area contributed by atoms with Gasteiger partial charge in [-0.2, -0.15) is 0 Å². The van der Waals surface area contributed by atoms with Crippen LogP contribution >= 0.6 is 11.3 Å². The van der Waals surface area contributed by atoms with Crippen LogP contribution in [0.3, 0.4) is 0 Å². The number of likely N-dealkylation sites (tertiary alicyclic amines) is 1. The van der Waals surface area contributed by atoms with Gasteiger partial charge in [0.15, 0.2) is 5.69 Å². The lowest BCUT2D eigenvalue weighted by molar-refractivity contribution is 0.0691. The van der Waals surface area contributed by atoms with Crippen LogP contribution < -0.4 is 0 Å². The fourth-order valence-electron chi connectivity index (χ4n) is 2.10. The Bertz CT molecular complexity index is 378. The number of hydrogen-bond acceptors (Lipinski definition) is 4. The maximum Gasteiger partial charge on any atom is 0.355 e. The van der Waals surface area contributed by atoms with E-state index in [2.05, 4.69) is 16.8 Å². The van der Waals surface area contributed by atoms with E-state index in [-0.39, 0.29) is 5.69 Å². The second-order valence-corrected chi connectivity index (χ2v) is 5.36. The number of aromatic nitrogens is 1. The van der Waals surface area contributed by atoms with E-state index < -0.39 is 5.97 Å². The zero-order valence-corrected chi connectivity index (χ0v) is 10.2. The van der Waals surface area contributed by atoms with Gasteiger partial charge in [-0.1, -0.05) is 6.92 Å². The molecule has 2 heterocycles. The number of hydrogen-bond donors (Lipinski definition) is 1. The molecular weight excluding hydrogens is 224 g/mol. The SMILES string of the molecule is CC1CCCN(Cc2nc(C(=O)O)cs2)C1. The van der Waals surface area contributed by atoms with Crippen molar-refractivity contribution < 1.29 is 9.90 Å². The first-order valence-corrected chi connectivity index (χ1v) is 6.43. The van der Waals surface area contributed by atoms with Gasteiger partial charge in [-0.3, -0.25) is 4.90 Å². The maximum atomic E-state index is 10.7. The lowest BCUT2D eigenvalue weighted by Gasteiger charge is -2.29. The highest BCUT2D eigenvalue weighted by Crippen LogP contribution is 2.19. The van der Waals surface area contributed by atoms with Gasteiger partial charge in [0.25, 0.3) is 0 Å². The largest absolute Gasteiger partial charge is 0.476 e. The predicted octanol–water partition coefficient (Wildman–Crippen LogP) is 2.07. The van der Waals surface area contributed by atoms with Gasteiger partial charge in [-0.05, 0) is 25.3 Å². The van der Waals surface area contributed by atoms with Crippen molar-refractivity contribution in [1.82, 2.24) is 9.88 Å². The van der Waals surface area contributed by atoms with Crippen LogP contribution in [0.25, 0.3) is 0 Å². The summed E-state index contributed by atoms with van der Waals surface area (Å²) in [6, 6.07) is 0. The first kappa shape index (κ1) is 11.5. The Morgan fingerprint density at radius 3 is 3.19 bits per heavy atom. The van der Waals surface area contributed by atoms with E-state index >= 15 is 0 Å². The fraction of sp³-hybridized carbons (Fsp3) is 0.636. The zero-order valence-electron chi connectivity index (χ0n) is 9.35. The van der Waals surface area contributed by atoms with Gasteiger partial charge in [-0.15, -0.1) is 11.3 Å². The molecule has 0 spiro atoms. The number of nitrogens with zero attached hydrogens (tertiary/aromatic N) is 2. The van der Waals surface area contributed by atoms with Gasteiger partial charge in [0.1, 0.15) is 5.01 Å². The normalized spacial score (nSPS) is 22.2. The summed E-state index contributed by atoms with van der Waals surface area (Å²) in [4.78, 5) is 17.2. The minimum Gasteiger partial charge on any atom is -0.476 e. The van der Waals surface area contributed by atoms with Crippen LogP contribution in [0.5, 0.6) is 0 Å². The first-order chi connectivity index (χ1) is 7.65. The van der Waals surface area contributed by atoms with Crippen LogP contribution in [-0.2, 0) is 6.54 Å². The standard InChI is InChI=1S/C11H16N2O2S/c1-8-3-2-4-13(5-8)6-10-12-9(7-16-10)11(14)15/h7-8H,2-6H2,1H3,(H,14,15). The first-order valence-electron chi connectivity index (χ1n) is 5.55. The molecule has 1 aromatic rings. The molecular formula is C11H16N2O2S. The second kappa shape index (κ2) is 4.93. The molecule has 0 amide bonds. The number of carboxylic acids is 1. The summed E-state index contributed by atoms with van der Waals surface area (Å²) in [7, 11) is 0. The van der Waals surface area contributed by atoms with Crippen molar-refractivity contribution in [2.45, 2.75) is 26.3 Å². The van der Waals surface area contributed by atoms with Crippen molar-refractivity contribution in [2.24, 2.45) is 5.92 Å². The van der Waals surface area contributed by atoms with E-state index in [9.17, 15) is 4.79 Å². The van der Waals surface area contributed by atoms with Crippen molar-refractivity contribution in [3.05, 3.63) is 16.1 Å². The van der Waals surface area contributed by atoms with E-state index in [0.29, 0.717) is 0 Å². The van der Waals surface area contributed by atoms with E-state index in [0.717, 1.165) is 30.6 Å². The molecule has 5 heteroatoms. The molecule has 0 saturated carbocycles. The number of aromatic carboxylic acids is 1. The van der Waals surface area contributed by atoms with Crippen LogP contribution in [0.4, 0.5) is 0 Å². The van der Waals surface area contributed by atoms with Crippen LogP contribution in [0, 0.1) is 5.92 Å². The molecule has 16 heavy (non-hydrogen) atoms. The Balaban J connectivity index is 1.95. The third-order valence-corrected chi connectivity index (χ3v) is 3.70. The molecule has 1 aliphatic heterocycles. The summed E-state index contributed by atoms with van der Waals surface area (Å²) >= 11 is 1.44. The van der Waals surface area contributed by atoms with E-state index in [4.69, 9.17) is 5.11 Å².